The normalized spacial score (nSPS) is 10.7. The molecule has 0 N–H and O–H groups in total. The van der Waals surface area contributed by atoms with Crippen molar-refractivity contribution in [1.82, 2.24) is 0 Å². The molecule has 0 aliphatic heterocycles. The highest BCUT2D eigenvalue weighted by molar-refractivity contribution is 5.88. The van der Waals surface area contributed by atoms with Gasteiger partial charge in [0.05, 0.1) is 6.54 Å². The number of hydrogen-bond donors (Lipinski definition) is 0. The molecule has 0 bridgehead atoms. The molecule has 0 unspecified atom stereocenters. The molecule has 0 radical (unpaired) electrons. The second-order valence-corrected chi connectivity index (χ2v) is 5.74. The molecule has 0 saturated carbocycles. The molecule has 0 aliphatic carbocycles. The van der Waals surface area contributed by atoms with Crippen molar-refractivity contribution in [3.05, 3.63) is 72.3 Å². The fourth-order valence-corrected chi connectivity index (χ4v) is 2.88. The van der Waals surface area contributed by atoms with E-state index in [2.05, 4.69) is 79.4 Å². The third-order valence-electron chi connectivity index (χ3n) is 4.12. The number of rotatable bonds is 6. The number of hydrogen-bond acceptors (Lipinski definition) is 2. The van der Waals surface area contributed by atoms with Crippen molar-refractivity contribution >= 4 is 16.5 Å². The van der Waals surface area contributed by atoms with Crippen molar-refractivity contribution in [1.29, 1.82) is 0 Å². The molecule has 0 aliphatic rings. The molecule has 118 valence electrons. The summed E-state index contributed by atoms with van der Waals surface area (Å²) in [5.74, 6) is 0.961. The van der Waals surface area contributed by atoms with Crippen LogP contribution in [0.4, 0.5) is 5.69 Å². The van der Waals surface area contributed by atoms with Gasteiger partial charge in [-0.1, -0.05) is 48.5 Å². The van der Waals surface area contributed by atoms with Crippen LogP contribution in [-0.4, -0.2) is 19.7 Å². The van der Waals surface area contributed by atoms with E-state index in [0.29, 0.717) is 6.61 Å². The van der Waals surface area contributed by atoms with Crippen molar-refractivity contribution in [2.24, 2.45) is 0 Å². The Hall–Kier alpha value is -2.48. The van der Waals surface area contributed by atoms with Gasteiger partial charge in [0.25, 0.3) is 0 Å². The highest BCUT2D eigenvalue weighted by Crippen LogP contribution is 2.25. The van der Waals surface area contributed by atoms with Gasteiger partial charge in [0.1, 0.15) is 12.4 Å². The maximum absolute atomic E-state index is 6.06. The number of likely N-dealkylation sites (N-methyl/N-ethyl adjacent to an activating group) is 1. The van der Waals surface area contributed by atoms with E-state index in [4.69, 9.17) is 4.74 Å². The van der Waals surface area contributed by atoms with Crippen LogP contribution in [0.2, 0.25) is 0 Å². The van der Waals surface area contributed by atoms with Crippen molar-refractivity contribution in [3.63, 3.8) is 0 Å². The van der Waals surface area contributed by atoms with Crippen LogP contribution in [0.5, 0.6) is 5.75 Å². The van der Waals surface area contributed by atoms with Crippen LogP contribution in [0.3, 0.4) is 0 Å². The number of fused-ring (bicyclic) bond motifs is 1. The lowest BCUT2D eigenvalue weighted by molar-refractivity contribution is 0.328. The minimum Gasteiger partial charge on any atom is -0.491 e. The zero-order valence-corrected chi connectivity index (χ0v) is 13.8. The predicted octanol–water partition coefficient (Wildman–Crippen LogP) is 5.05. The number of ether oxygens (including phenoxy) is 1. The van der Waals surface area contributed by atoms with Crippen molar-refractivity contribution in [3.8, 4) is 5.75 Å². The Kier molecular flexibility index (Phi) is 4.82. The lowest BCUT2D eigenvalue weighted by Crippen LogP contribution is -2.28. The molecule has 3 aromatic rings. The van der Waals surface area contributed by atoms with Crippen LogP contribution in [0, 0.1) is 6.92 Å². The van der Waals surface area contributed by atoms with Gasteiger partial charge in [-0.25, -0.2) is 0 Å². The number of aryl methyl sites for hydroxylation is 1. The molecule has 0 fully saturated rings. The number of benzene rings is 3. The Morgan fingerprint density at radius 3 is 2.52 bits per heavy atom. The summed E-state index contributed by atoms with van der Waals surface area (Å²) in [4.78, 5) is 2.35. The fraction of sp³-hybridized carbons (Fsp3) is 0.238. The third kappa shape index (κ3) is 3.65. The lowest BCUT2D eigenvalue weighted by atomic mass is 10.1. The van der Waals surface area contributed by atoms with Gasteiger partial charge in [0.15, 0.2) is 0 Å². The summed E-state index contributed by atoms with van der Waals surface area (Å²) >= 11 is 0. The molecule has 0 atom stereocenters. The molecule has 3 rings (SSSR count). The largest absolute Gasteiger partial charge is 0.491 e. The van der Waals surface area contributed by atoms with Crippen LogP contribution < -0.4 is 9.64 Å². The van der Waals surface area contributed by atoms with E-state index in [0.717, 1.165) is 18.8 Å². The topological polar surface area (TPSA) is 12.5 Å². The average molecular weight is 305 g/mol. The molecule has 0 aromatic heterocycles. The zero-order valence-electron chi connectivity index (χ0n) is 13.8. The van der Waals surface area contributed by atoms with Crippen molar-refractivity contribution < 1.29 is 4.74 Å². The molecule has 0 amide bonds. The van der Waals surface area contributed by atoms with Crippen molar-refractivity contribution in [2.75, 3.05) is 24.6 Å². The molecule has 0 heterocycles. The average Bonchev–Trinajstić information content (AvgIpc) is 2.59. The zero-order chi connectivity index (χ0) is 16.1. The SMILES string of the molecule is CCN(CCOc1cccc2ccccc12)c1cccc(C)c1. The van der Waals surface area contributed by atoms with E-state index in [9.17, 15) is 0 Å². The van der Waals surface area contributed by atoms with Gasteiger partial charge in [-0.15, -0.1) is 0 Å². The van der Waals surface area contributed by atoms with Crippen molar-refractivity contribution in [2.45, 2.75) is 13.8 Å². The summed E-state index contributed by atoms with van der Waals surface area (Å²) in [5.41, 5.74) is 2.55. The first-order chi connectivity index (χ1) is 11.3. The van der Waals surface area contributed by atoms with Crippen LogP contribution in [-0.2, 0) is 0 Å². The summed E-state index contributed by atoms with van der Waals surface area (Å²) in [6.07, 6.45) is 0. The molecule has 0 spiro atoms. The molecule has 2 nitrogen and oxygen atoms in total. The fourth-order valence-electron chi connectivity index (χ4n) is 2.88. The Labute approximate surface area is 138 Å². The molecular formula is C21H23NO. The Morgan fingerprint density at radius 2 is 1.70 bits per heavy atom. The van der Waals surface area contributed by atoms with E-state index < -0.39 is 0 Å². The first-order valence-corrected chi connectivity index (χ1v) is 8.20. The van der Waals surface area contributed by atoms with Gasteiger partial charge in [-0.3, -0.25) is 0 Å². The van der Waals surface area contributed by atoms with E-state index in [1.165, 1.54) is 22.0 Å². The summed E-state index contributed by atoms with van der Waals surface area (Å²) in [7, 11) is 0. The summed E-state index contributed by atoms with van der Waals surface area (Å²) in [6, 6.07) is 23.2. The monoisotopic (exact) mass is 305 g/mol. The maximum atomic E-state index is 6.06. The molecule has 2 heteroatoms. The van der Waals surface area contributed by atoms with Crippen LogP contribution >= 0.6 is 0 Å². The number of anilines is 1. The van der Waals surface area contributed by atoms with Gasteiger partial charge in [0, 0.05) is 17.6 Å². The summed E-state index contributed by atoms with van der Waals surface area (Å²) in [6.45, 7) is 6.84. The first kappa shape index (κ1) is 15.4. The second kappa shape index (κ2) is 7.19. The lowest BCUT2D eigenvalue weighted by Gasteiger charge is -2.23. The van der Waals surface area contributed by atoms with Crippen LogP contribution in [0.25, 0.3) is 10.8 Å². The van der Waals surface area contributed by atoms with Crippen LogP contribution in [0.1, 0.15) is 12.5 Å². The minimum absolute atomic E-state index is 0.676. The van der Waals surface area contributed by atoms with E-state index in [1.54, 1.807) is 0 Å². The Balaban J connectivity index is 1.68. The highest BCUT2D eigenvalue weighted by Gasteiger charge is 2.06. The van der Waals surface area contributed by atoms with Gasteiger partial charge in [-0.05, 0) is 43.0 Å². The first-order valence-electron chi connectivity index (χ1n) is 8.20. The standard InChI is InChI=1S/C21H23NO/c1-3-22(19-11-6-8-17(2)16-19)14-15-23-21-13-7-10-18-9-4-5-12-20(18)21/h4-13,16H,3,14-15H2,1-2H3. The molecule has 0 saturated heterocycles. The van der Waals surface area contributed by atoms with E-state index >= 15 is 0 Å². The quantitative estimate of drug-likeness (QED) is 0.631. The van der Waals surface area contributed by atoms with Gasteiger partial charge < -0.3 is 9.64 Å². The van der Waals surface area contributed by atoms with Gasteiger partial charge in [0.2, 0.25) is 0 Å². The second-order valence-electron chi connectivity index (χ2n) is 5.74. The Morgan fingerprint density at radius 1 is 0.913 bits per heavy atom. The highest BCUT2D eigenvalue weighted by atomic mass is 16.5. The number of nitrogens with zero attached hydrogens (tertiary/aromatic N) is 1. The van der Waals surface area contributed by atoms with E-state index in [1.807, 2.05) is 6.07 Å². The van der Waals surface area contributed by atoms with E-state index in [-0.39, 0.29) is 0 Å². The summed E-state index contributed by atoms with van der Waals surface area (Å²) in [5, 5.41) is 2.39. The minimum atomic E-state index is 0.676. The Bertz CT molecular complexity index is 776. The smallest absolute Gasteiger partial charge is 0.127 e. The molecule has 3 aromatic carbocycles. The molecular weight excluding hydrogens is 282 g/mol. The molecule has 23 heavy (non-hydrogen) atoms. The van der Waals surface area contributed by atoms with Crippen LogP contribution in [0.15, 0.2) is 66.7 Å². The predicted molar refractivity (Wildman–Crippen MR) is 98.5 cm³/mol. The van der Waals surface area contributed by atoms with Gasteiger partial charge >= 0.3 is 0 Å². The van der Waals surface area contributed by atoms with Gasteiger partial charge in [-0.2, -0.15) is 0 Å². The maximum Gasteiger partial charge on any atom is 0.127 e. The summed E-state index contributed by atoms with van der Waals surface area (Å²) < 4.78 is 6.06. The third-order valence-corrected chi connectivity index (χ3v) is 4.12.